The van der Waals surface area contributed by atoms with Crippen molar-refractivity contribution >= 4 is 63.5 Å². The quantitative estimate of drug-likeness (QED) is 0.118. The van der Waals surface area contributed by atoms with Gasteiger partial charge in [-0.05, 0) is 114 Å². The molecule has 4 saturated carbocycles. The summed E-state index contributed by atoms with van der Waals surface area (Å²) in [4.78, 5) is 31.8. The number of nitrogens with two attached hydrogens (primary N) is 1. The minimum atomic E-state index is -4.11. The van der Waals surface area contributed by atoms with E-state index in [1.54, 1.807) is 63.2 Å². The topological polar surface area (TPSA) is 276 Å². The fourth-order valence-electron chi connectivity index (χ4n) is 9.33. The molecular weight excluding hydrogens is 1200 g/mol. The molecule has 10 rings (SSSR count). The van der Waals surface area contributed by atoms with Crippen molar-refractivity contribution in [2.24, 2.45) is 42.9 Å². The number of primary sulfonamides is 1. The molecule has 4 aliphatic carbocycles. The monoisotopic (exact) mass is 1250 g/mol. The van der Waals surface area contributed by atoms with Crippen molar-refractivity contribution in [3.63, 3.8) is 0 Å². The van der Waals surface area contributed by atoms with E-state index in [2.05, 4.69) is 38.7 Å². The van der Waals surface area contributed by atoms with E-state index in [-0.39, 0.29) is 80.2 Å². The van der Waals surface area contributed by atoms with Crippen LogP contribution in [0.5, 0.6) is 11.8 Å². The molecule has 1 amide bonds. The maximum absolute atomic E-state index is 12.6. The maximum atomic E-state index is 12.6. The standard InChI is InChI=1S/C21H23ClN6O4S.C16H16ClN3O3.C5H9N3O2S.BH.U/c1-12-17(11-27(2)24-12)33(30,31)26-21(29)15-5-6-18(23-20(15)22)28-8-7-19(25-28)32-16-10-13-3-4-14(16)9-13;17-15-11(16(21)22)3-4-13(18-15)20-6-5-14(19-20)23-12-8-9-1-2-10(12)7-9;1-4-5(11(6,9)10)3-8(2)7-4;;/h5-8,11,13-14,16H,3-4,9-10H2,1-2H3,(H,26,29);3-6,9-10,12H,1-2,7-8H2,(H,21,22);3H,1-2H3,(H2,6,9,10);1H;/t13-,14+,16+;9-,10+,12+;;;/m11.../s1/i;;;1D;. The first-order chi connectivity index (χ1) is 32.7. The molecular formula is C42H49BCl2N12O9S2U. The second-order valence-corrected chi connectivity index (χ2v) is 21.1. The third-order valence-corrected chi connectivity index (χ3v) is 15.4. The van der Waals surface area contributed by atoms with E-state index in [1.165, 1.54) is 83.2 Å². The van der Waals surface area contributed by atoms with Crippen LogP contribution in [0.3, 0.4) is 0 Å². The number of halogens is 2. The Kier molecular flexibility index (Phi) is 16.4. The van der Waals surface area contributed by atoms with Gasteiger partial charge in [-0.3, -0.25) is 14.2 Å². The number of aromatic nitrogens is 10. The summed E-state index contributed by atoms with van der Waals surface area (Å²) in [5, 5.41) is 30.3. The fraction of sp³-hybridized carbons (Fsp3) is 0.429. The van der Waals surface area contributed by atoms with Crippen molar-refractivity contribution in [3.05, 3.63) is 94.0 Å². The smallest absolute Gasteiger partial charge is 0.338 e. The average Bonchev–Trinajstić information content (AvgIpc) is 4.16. The van der Waals surface area contributed by atoms with Crippen molar-refractivity contribution in [2.45, 2.75) is 87.2 Å². The van der Waals surface area contributed by atoms with E-state index in [0.717, 1.165) is 24.7 Å². The van der Waals surface area contributed by atoms with E-state index in [9.17, 15) is 26.4 Å². The number of nitrogens with one attached hydrogen (secondary N) is 1. The number of aryl methyl sites for hydroxylation is 4. The molecule has 0 aromatic carbocycles. The summed E-state index contributed by atoms with van der Waals surface area (Å²) in [7, 11) is -0.723. The Morgan fingerprint density at radius 1 is 0.725 bits per heavy atom. The van der Waals surface area contributed by atoms with Crippen LogP contribution in [0, 0.1) is 68.6 Å². The molecule has 0 aliphatic heterocycles. The maximum Gasteiger partial charge on any atom is 0.338 e. The van der Waals surface area contributed by atoms with Crippen molar-refractivity contribution in [2.75, 3.05) is 0 Å². The summed E-state index contributed by atoms with van der Waals surface area (Å²) < 4.78 is 71.9. The van der Waals surface area contributed by atoms with E-state index in [4.69, 9.17) is 44.3 Å². The third-order valence-electron chi connectivity index (χ3n) is 12.4. The summed E-state index contributed by atoms with van der Waals surface area (Å²) in [5.74, 6) is 2.80. The zero-order valence-electron chi connectivity index (χ0n) is 38.8. The number of hydrogen-bond donors (Lipinski definition) is 3. The molecule has 6 heterocycles. The number of carbonyl (C=O) groups is 2. The molecule has 6 aromatic rings. The summed E-state index contributed by atoms with van der Waals surface area (Å²) in [6.45, 7) is 3.14. The van der Waals surface area contributed by atoms with Crippen LogP contribution >= 0.6 is 23.2 Å². The molecule has 4 bridgehead atoms. The molecule has 4 N–H and O–H groups in total. The summed E-state index contributed by atoms with van der Waals surface area (Å²) in [6.07, 6.45) is 16.4. The summed E-state index contributed by atoms with van der Waals surface area (Å²) in [5.41, 5.74) is 0.603. The van der Waals surface area contributed by atoms with Crippen molar-refractivity contribution in [1.82, 2.24) is 53.8 Å². The summed E-state index contributed by atoms with van der Waals surface area (Å²) >= 11 is 12.1. The van der Waals surface area contributed by atoms with Gasteiger partial charge in [0.15, 0.2) is 11.6 Å². The van der Waals surface area contributed by atoms with Crippen LogP contribution in [0.15, 0.2) is 71.0 Å². The van der Waals surface area contributed by atoms with Crippen LogP contribution in [-0.2, 0) is 34.1 Å². The van der Waals surface area contributed by atoms with Gasteiger partial charge in [-0.15, -0.1) is 10.2 Å². The van der Waals surface area contributed by atoms with E-state index < -0.39 is 31.9 Å². The van der Waals surface area contributed by atoms with Gasteiger partial charge in [-0.1, -0.05) is 23.2 Å². The first kappa shape index (κ1) is 52.1. The number of amides is 1. The van der Waals surface area contributed by atoms with Gasteiger partial charge in [0.05, 0.1) is 22.5 Å². The minimum absolute atomic E-state index is 0. The Morgan fingerprint density at radius 2 is 1.17 bits per heavy atom. The number of nitrogens with zero attached hydrogens (tertiary/aromatic N) is 10. The van der Waals surface area contributed by atoms with Gasteiger partial charge in [-0.2, -0.15) is 10.2 Å². The van der Waals surface area contributed by atoms with Gasteiger partial charge in [-0.25, -0.2) is 50.8 Å². The molecule has 0 unspecified atom stereocenters. The Labute approximate surface area is 435 Å². The number of rotatable bonds is 11. The van der Waals surface area contributed by atoms with E-state index in [1.807, 2.05) is 4.72 Å². The number of pyridine rings is 2. The molecule has 0 spiro atoms. The Morgan fingerprint density at radius 3 is 1.52 bits per heavy atom. The van der Waals surface area contributed by atoms with E-state index in [0.29, 0.717) is 40.9 Å². The number of carboxylic acids is 1. The molecule has 0 saturated heterocycles. The molecule has 364 valence electrons. The fourth-order valence-corrected chi connectivity index (χ4v) is 11.7. The first-order valence-corrected chi connectivity index (χ1v) is 25.1. The molecule has 6 aromatic heterocycles. The predicted octanol–water partition coefficient (Wildman–Crippen LogP) is 4.56. The number of carbonyl (C=O) groups excluding carboxylic acids is 1. The summed E-state index contributed by atoms with van der Waals surface area (Å²) in [6, 6.07) is 9.51. The largest absolute Gasteiger partial charge is 0.478 e. The zero-order chi connectivity index (χ0) is 49.9. The Balaban J connectivity index is 0.000000188. The van der Waals surface area contributed by atoms with Crippen LogP contribution in [0.2, 0.25) is 10.3 Å². The molecule has 2 radical (unpaired) electrons. The number of ether oxygens (including phenoxy) is 2. The van der Waals surface area contributed by atoms with Crippen molar-refractivity contribution < 1.29 is 72.1 Å². The molecule has 6 atom stereocenters. The van der Waals surface area contributed by atoms with Gasteiger partial charge < -0.3 is 14.6 Å². The second-order valence-electron chi connectivity index (χ2n) is 17.2. The second kappa shape index (κ2) is 21.7. The molecule has 4 fully saturated rings. The van der Waals surface area contributed by atoms with Crippen LogP contribution in [0.1, 0.15) is 83.5 Å². The van der Waals surface area contributed by atoms with Gasteiger partial charge in [0.2, 0.25) is 21.8 Å². The Hall–Kier alpha value is -4.76. The van der Waals surface area contributed by atoms with E-state index >= 15 is 0 Å². The van der Waals surface area contributed by atoms with Gasteiger partial charge in [0.1, 0.15) is 32.3 Å². The van der Waals surface area contributed by atoms with Gasteiger partial charge >= 0.3 is 5.97 Å². The normalized spacial score (nSPS) is 21.1. The SMILES string of the molecule is Cc1nn(C)cc1S(=O)(=O)NC(=O)c1ccc(-n2ccc(O[C@H]3C[C@@H]4CC[C@H]3C4)n2)nc1Cl.Cc1nn(C)cc1S(N)(=O)=O.O=C(O)c1ccc(-n2ccc(O[C@H]3C[C@@H]4CC[C@H]3C4)n2)nc1Cl.[2H][B].[U]. The average molecular weight is 1250 g/mol. The van der Waals surface area contributed by atoms with Gasteiger partial charge in [0, 0.05) is 90.5 Å². The van der Waals surface area contributed by atoms with Gasteiger partial charge in [0.25, 0.3) is 15.9 Å². The molecule has 4 aliphatic rings. The Bertz CT molecular complexity index is 3080. The van der Waals surface area contributed by atoms with Crippen LogP contribution in [0.4, 0.5) is 0 Å². The number of carboxylic acid groups (broad SMARTS) is 1. The van der Waals surface area contributed by atoms with Crippen LogP contribution in [-0.4, -0.2) is 105 Å². The number of fused-ring (bicyclic) bond motifs is 4. The predicted molar refractivity (Wildman–Crippen MR) is 248 cm³/mol. The third kappa shape index (κ3) is 12.4. The van der Waals surface area contributed by atoms with Crippen LogP contribution < -0.4 is 19.3 Å². The molecule has 21 nitrogen and oxygen atoms in total. The number of sulfonamides is 2. The first-order valence-electron chi connectivity index (χ1n) is 21.9. The minimum Gasteiger partial charge on any atom is -0.478 e. The number of aromatic carboxylic acids is 1. The molecule has 27 heteroatoms. The van der Waals surface area contributed by atoms with Crippen molar-refractivity contribution in [1.29, 1.82) is 1.34 Å². The van der Waals surface area contributed by atoms with Crippen molar-refractivity contribution in [3.8, 4) is 23.4 Å². The number of hydrogen-bond acceptors (Lipinski definition) is 14. The molecule has 69 heavy (non-hydrogen) atoms. The zero-order valence-corrected chi connectivity index (χ0v) is 45.1. The van der Waals surface area contributed by atoms with Crippen LogP contribution in [0.25, 0.3) is 11.6 Å².